The largest absolute Gasteiger partial charge is 0.342 e. The van der Waals surface area contributed by atoms with Crippen LogP contribution >= 0.6 is 45.0 Å². The number of rotatable bonds is 3. The summed E-state index contributed by atoms with van der Waals surface area (Å²) in [4.78, 5) is 0. The van der Waals surface area contributed by atoms with Crippen LogP contribution in [0.4, 0.5) is 0 Å². The SMILES string of the molecule is CC(C)(C)SCC[Si](Cl)(Cl)Cl. The average molecular weight is 252 g/mol. The van der Waals surface area contributed by atoms with Gasteiger partial charge in [0.15, 0.2) is 0 Å². The molecule has 0 bridgehead atoms. The van der Waals surface area contributed by atoms with Gasteiger partial charge in [0.1, 0.15) is 0 Å². The Balaban J connectivity index is 3.44. The van der Waals surface area contributed by atoms with E-state index in [2.05, 4.69) is 20.8 Å². The Morgan fingerprint density at radius 1 is 1.18 bits per heavy atom. The Labute approximate surface area is 88.1 Å². The Hall–Kier alpha value is 1.44. The van der Waals surface area contributed by atoms with Crippen molar-refractivity contribution >= 4 is 51.0 Å². The molecule has 0 unspecified atom stereocenters. The maximum absolute atomic E-state index is 5.72. The Morgan fingerprint density at radius 3 is 1.91 bits per heavy atom. The van der Waals surface area contributed by atoms with Crippen LogP contribution < -0.4 is 0 Å². The van der Waals surface area contributed by atoms with E-state index in [9.17, 15) is 0 Å². The molecule has 68 valence electrons. The van der Waals surface area contributed by atoms with Gasteiger partial charge in [0.05, 0.1) is 0 Å². The first-order valence-electron chi connectivity index (χ1n) is 3.41. The van der Waals surface area contributed by atoms with Gasteiger partial charge >= 0.3 is 6.00 Å². The zero-order valence-corrected chi connectivity index (χ0v) is 11.0. The molecule has 0 aromatic heterocycles. The first-order valence-corrected chi connectivity index (χ1v) is 9.64. The van der Waals surface area contributed by atoms with Gasteiger partial charge in [0.2, 0.25) is 0 Å². The van der Waals surface area contributed by atoms with Crippen molar-refractivity contribution in [3.05, 3.63) is 0 Å². The van der Waals surface area contributed by atoms with Gasteiger partial charge in [-0.05, 0) is 11.8 Å². The summed E-state index contributed by atoms with van der Waals surface area (Å²) >= 11 is 19.0. The average Bonchev–Trinajstić information content (AvgIpc) is 1.55. The molecule has 0 N–H and O–H groups in total. The van der Waals surface area contributed by atoms with Crippen LogP contribution in [0, 0.1) is 0 Å². The van der Waals surface area contributed by atoms with Crippen LogP contribution in [0.3, 0.4) is 0 Å². The lowest BCUT2D eigenvalue weighted by Crippen LogP contribution is -2.14. The zero-order valence-electron chi connectivity index (χ0n) is 6.96. The molecule has 0 aliphatic heterocycles. The fourth-order valence-corrected chi connectivity index (χ4v) is 4.50. The molecule has 0 rings (SSSR count). The minimum absolute atomic E-state index is 0.282. The van der Waals surface area contributed by atoms with Crippen molar-refractivity contribution in [1.29, 1.82) is 0 Å². The van der Waals surface area contributed by atoms with Gasteiger partial charge in [0.25, 0.3) is 0 Å². The summed E-state index contributed by atoms with van der Waals surface area (Å²) in [6, 6.07) is -1.61. The molecule has 11 heavy (non-hydrogen) atoms. The van der Waals surface area contributed by atoms with Crippen LogP contribution in [0.1, 0.15) is 20.8 Å². The lowest BCUT2D eigenvalue weighted by atomic mass is 10.3. The van der Waals surface area contributed by atoms with Gasteiger partial charge in [-0.25, -0.2) is 0 Å². The van der Waals surface area contributed by atoms with E-state index in [4.69, 9.17) is 33.2 Å². The molecule has 0 aromatic carbocycles. The van der Waals surface area contributed by atoms with Crippen LogP contribution in [-0.4, -0.2) is 16.5 Å². The zero-order chi connectivity index (χ0) is 9.12. The fourth-order valence-electron chi connectivity index (χ4n) is 0.473. The molecule has 0 nitrogen and oxygen atoms in total. The van der Waals surface area contributed by atoms with Crippen molar-refractivity contribution in [3.63, 3.8) is 0 Å². The van der Waals surface area contributed by atoms with Crippen molar-refractivity contribution in [2.75, 3.05) is 5.75 Å². The summed E-state index contributed by atoms with van der Waals surface area (Å²) < 4.78 is 0.282. The normalized spacial score (nSPS) is 13.6. The second-order valence-electron chi connectivity index (χ2n) is 3.33. The molecule has 0 aliphatic carbocycles. The van der Waals surface area contributed by atoms with E-state index in [1.165, 1.54) is 0 Å². The summed E-state index contributed by atoms with van der Waals surface area (Å²) in [5, 5.41) is 0. The Bertz CT molecular complexity index is 102. The second-order valence-corrected chi connectivity index (χ2v) is 14.5. The topological polar surface area (TPSA) is 0 Å². The molecule has 0 aliphatic rings. The van der Waals surface area contributed by atoms with Crippen LogP contribution in [0.2, 0.25) is 6.04 Å². The molecule has 0 amide bonds. The maximum Gasteiger partial charge on any atom is 0.342 e. The first-order chi connectivity index (χ1) is 4.71. The van der Waals surface area contributed by atoms with Crippen molar-refractivity contribution in [3.8, 4) is 0 Å². The molecule has 0 aromatic rings. The molecule has 0 heterocycles. The number of halogens is 3. The monoisotopic (exact) mass is 250 g/mol. The summed E-state index contributed by atoms with van der Waals surface area (Å²) in [5.41, 5.74) is 0. The maximum atomic E-state index is 5.72. The standard InChI is InChI=1S/C6H13Cl3SSi/c1-6(2,3)10-4-5-11(7,8)9/h4-5H2,1-3H3. The van der Waals surface area contributed by atoms with Crippen LogP contribution in [0.15, 0.2) is 0 Å². The molecule has 0 saturated carbocycles. The van der Waals surface area contributed by atoms with Crippen LogP contribution in [-0.2, 0) is 0 Å². The summed E-state index contributed by atoms with van der Waals surface area (Å²) in [6.07, 6.45) is 0. The summed E-state index contributed by atoms with van der Waals surface area (Å²) in [6.45, 7) is 6.49. The molecule has 0 fully saturated rings. The molecule has 5 heteroatoms. The van der Waals surface area contributed by atoms with E-state index in [0.717, 1.165) is 11.8 Å². The lowest BCUT2D eigenvalue weighted by Gasteiger charge is -2.18. The highest BCUT2D eigenvalue weighted by atomic mass is 35.8. The third-order valence-electron chi connectivity index (χ3n) is 0.921. The van der Waals surface area contributed by atoms with Gasteiger partial charge in [-0.1, -0.05) is 20.8 Å². The third-order valence-corrected chi connectivity index (χ3v) is 5.08. The highest BCUT2D eigenvalue weighted by Gasteiger charge is 2.25. The molecule has 0 atom stereocenters. The molecular formula is C6H13Cl3SSi. The number of thioether (sulfide) groups is 1. The second kappa shape index (κ2) is 4.61. The van der Waals surface area contributed by atoms with Gasteiger partial charge < -0.3 is 0 Å². The van der Waals surface area contributed by atoms with Crippen molar-refractivity contribution in [2.24, 2.45) is 0 Å². The number of hydrogen-bond acceptors (Lipinski definition) is 1. The smallest absolute Gasteiger partial charge is 0.156 e. The highest BCUT2D eigenvalue weighted by Crippen LogP contribution is 2.31. The summed E-state index contributed by atoms with van der Waals surface area (Å²) in [7, 11) is 0. The van der Waals surface area contributed by atoms with E-state index >= 15 is 0 Å². The van der Waals surface area contributed by atoms with Gasteiger partial charge in [0, 0.05) is 4.75 Å². The molecule has 0 spiro atoms. The molecule has 0 saturated heterocycles. The van der Waals surface area contributed by atoms with E-state index < -0.39 is 6.00 Å². The predicted molar refractivity (Wildman–Crippen MR) is 60.3 cm³/mol. The molecule has 0 radical (unpaired) electrons. The predicted octanol–water partition coefficient (Wildman–Crippen LogP) is 4.17. The fraction of sp³-hybridized carbons (Fsp3) is 1.00. The number of hydrogen-bond donors (Lipinski definition) is 0. The summed E-state index contributed by atoms with van der Waals surface area (Å²) in [5.74, 6) is 0.951. The van der Waals surface area contributed by atoms with E-state index in [0.29, 0.717) is 0 Å². The van der Waals surface area contributed by atoms with E-state index in [-0.39, 0.29) is 4.75 Å². The van der Waals surface area contributed by atoms with Crippen LogP contribution in [0.5, 0.6) is 0 Å². The van der Waals surface area contributed by atoms with Gasteiger partial charge in [-0.3, -0.25) is 0 Å². The van der Waals surface area contributed by atoms with E-state index in [1.807, 2.05) is 11.8 Å². The highest BCUT2D eigenvalue weighted by molar-refractivity contribution is 8.00. The van der Waals surface area contributed by atoms with Crippen molar-refractivity contribution in [2.45, 2.75) is 31.6 Å². The van der Waals surface area contributed by atoms with Crippen molar-refractivity contribution in [1.82, 2.24) is 0 Å². The van der Waals surface area contributed by atoms with E-state index in [1.54, 1.807) is 0 Å². The van der Waals surface area contributed by atoms with Crippen molar-refractivity contribution < 1.29 is 0 Å². The quantitative estimate of drug-likeness (QED) is 0.536. The first kappa shape index (κ1) is 12.4. The minimum atomic E-state index is -2.36. The Kier molecular flexibility index (Phi) is 5.21. The molecular weight excluding hydrogens is 239 g/mol. The van der Waals surface area contributed by atoms with Gasteiger partial charge in [-0.2, -0.15) is 11.8 Å². The lowest BCUT2D eigenvalue weighted by molar-refractivity contribution is 0.803. The Morgan fingerprint density at radius 2 is 1.64 bits per heavy atom. The van der Waals surface area contributed by atoms with Gasteiger partial charge in [-0.15, -0.1) is 33.2 Å². The van der Waals surface area contributed by atoms with Crippen LogP contribution in [0.25, 0.3) is 0 Å². The minimum Gasteiger partial charge on any atom is -0.156 e. The third kappa shape index (κ3) is 11.4.